The summed E-state index contributed by atoms with van der Waals surface area (Å²) < 4.78 is 16.5. The number of aryl methyl sites for hydroxylation is 1. The Labute approximate surface area is 152 Å². The Balaban J connectivity index is 1.90. The zero-order valence-electron chi connectivity index (χ0n) is 15.1. The highest BCUT2D eigenvalue weighted by Crippen LogP contribution is 2.30. The number of carbonyl (C=O) groups is 1. The fourth-order valence-electron chi connectivity index (χ4n) is 2.54. The predicted molar refractivity (Wildman–Crippen MR) is 101 cm³/mol. The largest absolute Gasteiger partial charge is 0.490 e. The second kappa shape index (κ2) is 7.87. The Morgan fingerprint density at radius 2 is 1.69 bits per heavy atom. The molecule has 0 unspecified atom stereocenters. The van der Waals surface area contributed by atoms with Gasteiger partial charge in [0, 0.05) is 5.56 Å². The van der Waals surface area contributed by atoms with Gasteiger partial charge in [0.25, 0.3) is 0 Å². The number of rotatable bonds is 6. The van der Waals surface area contributed by atoms with Gasteiger partial charge in [-0.15, -0.1) is 0 Å². The molecule has 0 atom stereocenters. The summed E-state index contributed by atoms with van der Waals surface area (Å²) in [5, 5.41) is 0. The fourth-order valence-corrected chi connectivity index (χ4v) is 2.54. The van der Waals surface area contributed by atoms with E-state index in [1.54, 1.807) is 24.3 Å². The molecule has 134 valence electrons. The quantitative estimate of drug-likeness (QED) is 0.580. The van der Waals surface area contributed by atoms with Gasteiger partial charge in [0.2, 0.25) is 5.90 Å². The summed E-state index contributed by atoms with van der Waals surface area (Å²) in [4.78, 5) is 16.5. The van der Waals surface area contributed by atoms with Crippen LogP contribution in [0.4, 0.5) is 0 Å². The number of cyclic esters (lactones) is 1. The van der Waals surface area contributed by atoms with Gasteiger partial charge in [0.05, 0.1) is 13.2 Å². The van der Waals surface area contributed by atoms with Crippen molar-refractivity contribution < 1.29 is 19.0 Å². The van der Waals surface area contributed by atoms with Crippen molar-refractivity contribution in [1.82, 2.24) is 0 Å². The lowest BCUT2D eigenvalue weighted by Gasteiger charge is -2.11. The third-order valence-corrected chi connectivity index (χ3v) is 3.79. The number of ether oxygens (including phenoxy) is 3. The van der Waals surface area contributed by atoms with Crippen molar-refractivity contribution in [2.75, 3.05) is 13.2 Å². The van der Waals surface area contributed by atoms with Crippen molar-refractivity contribution in [2.24, 2.45) is 4.99 Å². The van der Waals surface area contributed by atoms with Crippen LogP contribution in [0, 0.1) is 6.92 Å². The monoisotopic (exact) mass is 351 g/mol. The maximum Gasteiger partial charge on any atom is 0.363 e. The SMILES string of the molecule is CCOc1ccc(C2=N/C(=C\c3ccc(C)cc3)C(=O)O2)cc1OCC. The van der Waals surface area contributed by atoms with Gasteiger partial charge < -0.3 is 14.2 Å². The van der Waals surface area contributed by atoms with E-state index in [9.17, 15) is 4.79 Å². The molecule has 0 amide bonds. The Hall–Kier alpha value is -3.08. The Morgan fingerprint density at radius 3 is 2.38 bits per heavy atom. The standard InChI is InChI=1S/C21H21NO4/c1-4-24-18-11-10-16(13-19(18)25-5-2)20-22-17(21(23)26-20)12-15-8-6-14(3)7-9-15/h6-13H,4-5H2,1-3H3/b17-12-. The first kappa shape index (κ1) is 17.7. The molecule has 0 fully saturated rings. The smallest absolute Gasteiger partial charge is 0.363 e. The van der Waals surface area contributed by atoms with Crippen molar-refractivity contribution in [3.63, 3.8) is 0 Å². The summed E-state index contributed by atoms with van der Waals surface area (Å²) in [6, 6.07) is 13.2. The van der Waals surface area contributed by atoms with Crippen LogP contribution >= 0.6 is 0 Å². The summed E-state index contributed by atoms with van der Waals surface area (Å²) in [6.07, 6.45) is 1.72. The molecule has 1 aliphatic rings. The average Bonchev–Trinajstić information content (AvgIpc) is 2.99. The number of aliphatic imine (C=N–C) groups is 1. The molecule has 0 saturated heterocycles. The van der Waals surface area contributed by atoms with Gasteiger partial charge in [-0.1, -0.05) is 29.8 Å². The lowest BCUT2D eigenvalue weighted by atomic mass is 10.1. The molecule has 5 nitrogen and oxygen atoms in total. The molecule has 3 rings (SSSR count). The molecule has 2 aromatic carbocycles. The fraction of sp³-hybridized carbons (Fsp3) is 0.238. The molecule has 5 heteroatoms. The van der Waals surface area contributed by atoms with Crippen LogP contribution in [0.1, 0.15) is 30.5 Å². The highest BCUT2D eigenvalue weighted by Gasteiger charge is 2.25. The number of esters is 1. The van der Waals surface area contributed by atoms with Crippen LogP contribution in [0.5, 0.6) is 11.5 Å². The van der Waals surface area contributed by atoms with E-state index < -0.39 is 5.97 Å². The van der Waals surface area contributed by atoms with E-state index in [0.717, 1.165) is 11.1 Å². The number of nitrogens with zero attached hydrogens (tertiary/aromatic N) is 1. The first-order valence-electron chi connectivity index (χ1n) is 8.60. The molecule has 0 aromatic heterocycles. The number of hydrogen-bond donors (Lipinski definition) is 0. The molecule has 2 aromatic rings. The third-order valence-electron chi connectivity index (χ3n) is 3.79. The van der Waals surface area contributed by atoms with Gasteiger partial charge in [-0.2, -0.15) is 0 Å². The zero-order valence-corrected chi connectivity index (χ0v) is 15.1. The summed E-state index contributed by atoms with van der Waals surface area (Å²) in [6.45, 7) is 6.87. The molecule has 0 aliphatic carbocycles. The third kappa shape index (κ3) is 3.94. The van der Waals surface area contributed by atoms with E-state index >= 15 is 0 Å². The van der Waals surface area contributed by atoms with Crippen molar-refractivity contribution in [3.05, 3.63) is 64.9 Å². The van der Waals surface area contributed by atoms with E-state index in [1.165, 1.54) is 0 Å². The van der Waals surface area contributed by atoms with Crippen LogP contribution < -0.4 is 9.47 Å². The zero-order chi connectivity index (χ0) is 18.5. The van der Waals surface area contributed by atoms with Gasteiger partial charge in [-0.25, -0.2) is 9.79 Å². The molecule has 1 aliphatic heterocycles. The summed E-state index contributed by atoms with van der Waals surface area (Å²) in [7, 11) is 0. The first-order chi connectivity index (χ1) is 12.6. The van der Waals surface area contributed by atoms with E-state index in [2.05, 4.69) is 4.99 Å². The molecular weight excluding hydrogens is 330 g/mol. The molecule has 0 N–H and O–H groups in total. The van der Waals surface area contributed by atoms with Crippen LogP contribution in [0.25, 0.3) is 6.08 Å². The first-order valence-corrected chi connectivity index (χ1v) is 8.60. The van der Waals surface area contributed by atoms with Crippen molar-refractivity contribution in [2.45, 2.75) is 20.8 Å². The average molecular weight is 351 g/mol. The van der Waals surface area contributed by atoms with Gasteiger partial charge in [0.15, 0.2) is 17.2 Å². The van der Waals surface area contributed by atoms with E-state index in [-0.39, 0.29) is 11.6 Å². The lowest BCUT2D eigenvalue weighted by molar-refractivity contribution is -0.129. The van der Waals surface area contributed by atoms with Crippen LogP contribution in [0.3, 0.4) is 0 Å². The van der Waals surface area contributed by atoms with Gasteiger partial charge in [-0.3, -0.25) is 0 Å². The number of hydrogen-bond acceptors (Lipinski definition) is 5. The maximum absolute atomic E-state index is 12.1. The van der Waals surface area contributed by atoms with E-state index in [4.69, 9.17) is 14.2 Å². The minimum Gasteiger partial charge on any atom is -0.490 e. The normalized spacial score (nSPS) is 15.0. The van der Waals surface area contributed by atoms with E-state index in [0.29, 0.717) is 30.3 Å². The topological polar surface area (TPSA) is 57.1 Å². The Kier molecular flexibility index (Phi) is 5.37. The second-order valence-corrected chi connectivity index (χ2v) is 5.77. The van der Waals surface area contributed by atoms with Crippen molar-refractivity contribution >= 4 is 17.9 Å². The number of benzene rings is 2. The minimum atomic E-state index is -0.465. The van der Waals surface area contributed by atoms with Crippen molar-refractivity contribution in [3.8, 4) is 11.5 Å². The minimum absolute atomic E-state index is 0.261. The highest BCUT2D eigenvalue weighted by molar-refractivity contribution is 6.13. The Bertz CT molecular complexity index is 866. The Morgan fingerprint density at radius 1 is 1.00 bits per heavy atom. The lowest BCUT2D eigenvalue weighted by Crippen LogP contribution is -2.06. The maximum atomic E-state index is 12.1. The van der Waals surface area contributed by atoms with Crippen LogP contribution in [0.2, 0.25) is 0 Å². The highest BCUT2D eigenvalue weighted by atomic mass is 16.6. The van der Waals surface area contributed by atoms with Crippen LogP contribution in [-0.2, 0) is 9.53 Å². The molecule has 0 bridgehead atoms. The van der Waals surface area contributed by atoms with Gasteiger partial charge in [0.1, 0.15) is 0 Å². The van der Waals surface area contributed by atoms with Crippen LogP contribution in [0.15, 0.2) is 53.2 Å². The molecule has 0 saturated carbocycles. The molecule has 1 heterocycles. The summed E-state index contributed by atoms with van der Waals surface area (Å²) in [5.41, 5.74) is 2.99. The number of carbonyl (C=O) groups excluding carboxylic acids is 1. The van der Waals surface area contributed by atoms with Gasteiger partial charge >= 0.3 is 5.97 Å². The van der Waals surface area contributed by atoms with Crippen molar-refractivity contribution in [1.29, 1.82) is 0 Å². The molecule has 26 heavy (non-hydrogen) atoms. The summed E-state index contributed by atoms with van der Waals surface area (Å²) >= 11 is 0. The molecular formula is C21H21NO4. The molecule has 0 spiro atoms. The molecule has 0 radical (unpaired) electrons. The summed E-state index contributed by atoms with van der Waals surface area (Å²) in [5.74, 6) is 1.05. The second-order valence-electron chi connectivity index (χ2n) is 5.77. The van der Waals surface area contributed by atoms with E-state index in [1.807, 2.05) is 45.0 Å². The van der Waals surface area contributed by atoms with Crippen LogP contribution in [-0.4, -0.2) is 25.1 Å². The van der Waals surface area contributed by atoms with Gasteiger partial charge in [-0.05, 0) is 50.6 Å². The predicted octanol–water partition coefficient (Wildman–Crippen LogP) is 4.14.